The Labute approximate surface area is 239 Å². The van der Waals surface area contributed by atoms with Crippen molar-refractivity contribution in [2.75, 3.05) is 25.1 Å². The minimum atomic E-state index is -0.682. The summed E-state index contributed by atoms with van der Waals surface area (Å²) in [5.41, 5.74) is 26.5. The number of hydrogen-bond acceptors (Lipinski definition) is 8. The molecule has 3 rings (SSSR count). The first kappa shape index (κ1) is 31.0. The van der Waals surface area contributed by atoms with E-state index in [1.165, 1.54) is 6.20 Å². The number of guanidine groups is 1. The molecule has 2 amide bonds. The highest BCUT2D eigenvalue weighted by Gasteiger charge is 2.19. The van der Waals surface area contributed by atoms with E-state index in [9.17, 15) is 9.59 Å². The number of primary amides is 1. The Bertz CT molecular complexity index is 1410. The summed E-state index contributed by atoms with van der Waals surface area (Å²) >= 11 is 0. The number of carbonyl (C=O) groups is 2. The number of carbonyl (C=O) groups excluding carboxylic acids is 2. The van der Waals surface area contributed by atoms with E-state index in [-0.39, 0.29) is 24.0 Å². The molecule has 12 nitrogen and oxygen atoms in total. The maximum Gasteiger partial charge on any atom is 0.252 e. The van der Waals surface area contributed by atoms with Crippen LogP contribution in [0.4, 0.5) is 11.4 Å². The predicted octanol–water partition coefficient (Wildman–Crippen LogP) is 2.43. The number of amides is 2. The molecule has 2 aromatic carbocycles. The van der Waals surface area contributed by atoms with Crippen molar-refractivity contribution in [3.63, 3.8) is 0 Å². The fraction of sp³-hybridized carbons (Fsp3) is 0.379. The summed E-state index contributed by atoms with van der Waals surface area (Å²) < 4.78 is 11.6. The Morgan fingerprint density at radius 2 is 1.76 bits per heavy atom. The van der Waals surface area contributed by atoms with Crippen molar-refractivity contribution in [2.24, 2.45) is 27.9 Å². The van der Waals surface area contributed by atoms with Crippen molar-refractivity contribution in [3.8, 4) is 11.5 Å². The first-order valence-corrected chi connectivity index (χ1v) is 13.7. The second-order valence-corrected chi connectivity index (χ2v) is 9.29. The number of benzene rings is 2. The number of anilines is 2. The van der Waals surface area contributed by atoms with Gasteiger partial charge in [0, 0.05) is 36.4 Å². The van der Waals surface area contributed by atoms with E-state index in [1.54, 1.807) is 12.1 Å². The van der Waals surface area contributed by atoms with E-state index < -0.39 is 11.9 Å². The van der Waals surface area contributed by atoms with Gasteiger partial charge in [0.15, 0.2) is 17.5 Å². The predicted molar refractivity (Wildman–Crippen MR) is 161 cm³/mol. The number of fused-ring (bicyclic) bond motifs is 1. The van der Waals surface area contributed by atoms with E-state index in [1.807, 2.05) is 39.0 Å². The van der Waals surface area contributed by atoms with Gasteiger partial charge in [-0.1, -0.05) is 19.1 Å². The highest BCUT2D eigenvalue weighted by Crippen LogP contribution is 2.38. The Balaban J connectivity index is 1.91. The maximum atomic E-state index is 12.6. The molecule has 0 radical (unpaired) electrons. The second kappa shape index (κ2) is 14.7. The zero-order chi connectivity index (χ0) is 29.9. The number of nitrogens with one attached hydrogen (secondary N) is 2. The average Bonchev–Trinajstić information content (AvgIpc) is 2.94. The number of rotatable bonds is 15. The molecule has 10 N–H and O–H groups in total. The van der Waals surface area contributed by atoms with E-state index in [0.29, 0.717) is 67.1 Å². The number of hydrogen-bond donors (Lipinski definition) is 6. The molecular weight excluding hydrogens is 524 g/mol. The van der Waals surface area contributed by atoms with Gasteiger partial charge in [0.05, 0.1) is 36.0 Å². The molecule has 12 heteroatoms. The molecule has 0 aliphatic carbocycles. The van der Waals surface area contributed by atoms with Crippen LogP contribution in [0.1, 0.15) is 55.1 Å². The molecule has 0 unspecified atom stereocenters. The molecule has 0 saturated heterocycles. The molecule has 0 bridgehead atoms. The summed E-state index contributed by atoms with van der Waals surface area (Å²) in [6, 6.07) is 8.63. The van der Waals surface area contributed by atoms with Gasteiger partial charge in [-0.05, 0) is 56.4 Å². The summed E-state index contributed by atoms with van der Waals surface area (Å²) in [7, 11) is 0. The largest absolute Gasteiger partial charge is 0.490 e. The third-order valence-electron chi connectivity index (χ3n) is 6.44. The molecule has 220 valence electrons. The first-order valence-electron chi connectivity index (χ1n) is 13.7. The topological polar surface area (TPSA) is 206 Å². The lowest BCUT2D eigenvalue weighted by Gasteiger charge is -2.20. The van der Waals surface area contributed by atoms with Gasteiger partial charge >= 0.3 is 0 Å². The Hall–Kier alpha value is -4.58. The van der Waals surface area contributed by atoms with Crippen molar-refractivity contribution < 1.29 is 19.1 Å². The van der Waals surface area contributed by atoms with Crippen molar-refractivity contribution >= 4 is 40.1 Å². The van der Waals surface area contributed by atoms with E-state index in [4.69, 9.17) is 32.4 Å². The number of nitrogens with two attached hydrogens (primary N) is 4. The van der Waals surface area contributed by atoms with Crippen LogP contribution in [0.5, 0.6) is 11.5 Å². The first-order chi connectivity index (χ1) is 19.7. The smallest absolute Gasteiger partial charge is 0.252 e. The Kier molecular flexibility index (Phi) is 11.1. The standard InChI is InChI=1S/C29H40N8O4/c1-4-18-17(15-36-28(39)21(30)10-8-12-34-29(32)33)9-7-11-22(18)37-26-19-13-24(40-5-2)25(41-6-3)14-23(19)35-16-20(26)27(31)38/h7,9,11,13-14,16,21H,4-6,8,10,12,15,30H2,1-3H3,(H2,31,38)(H,35,37)(H,36,39)(H4,32,33,34)/t21-/m0/s1. The fourth-order valence-electron chi connectivity index (χ4n) is 4.49. The highest BCUT2D eigenvalue weighted by atomic mass is 16.5. The van der Waals surface area contributed by atoms with Crippen LogP contribution in [0, 0.1) is 0 Å². The Morgan fingerprint density at radius 1 is 1.05 bits per heavy atom. The molecule has 1 aromatic heterocycles. The van der Waals surface area contributed by atoms with Crippen LogP contribution < -0.4 is 43.0 Å². The highest BCUT2D eigenvalue weighted by molar-refractivity contribution is 6.08. The number of pyridine rings is 1. The molecule has 3 aromatic rings. The van der Waals surface area contributed by atoms with Gasteiger partial charge in [-0.15, -0.1) is 0 Å². The van der Waals surface area contributed by atoms with Gasteiger partial charge in [0.25, 0.3) is 5.91 Å². The number of aliphatic imine (C=N–C) groups is 1. The molecule has 0 aliphatic rings. The minimum Gasteiger partial charge on any atom is -0.490 e. The van der Waals surface area contributed by atoms with Gasteiger partial charge in [-0.3, -0.25) is 19.6 Å². The molecule has 41 heavy (non-hydrogen) atoms. The van der Waals surface area contributed by atoms with Crippen molar-refractivity contribution in [1.29, 1.82) is 0 Å². The average molecular weight is 565 g/mol. The number of ether oxygens (including phenoxy) is 2. The molecule has 0 spiro atoms. The van der Waals surface area contributed by atoms with Crippen LogP contribution in [-0.4, -0.2) is 48.6 Å². The lowest BCUT2D eigenvalue weighted by atomic mass is 10.0. The zero-order valence-electron chi connectivity index (χ0n) is 23.8. The molecule has 0 fully saturated rings. The number of aromatic nitrogens is 1. The van der Waals surface area contributed by atoms with Crippen molar-refractivity contribution in [1.82, 2.24) is 10.3 Å². The van der Waals surface area contributed by atoms with Crippen molar-refractivity contribution in [2.45, 2.75) is 52.6 Å². The third-order valence-corrected chi connectivity index (χ3v) is 6.44. The zero-order valence-corrected chi connectivity index (χ0v) is 23.8. The van der Waals surface area contributed by atoms with Crippen LogP contribution in [0.15, 0.2) is 41.5 Å². The summed E-state index contributed by atoms with van der Waals surface area (Å²) in [6.45, 7) is 7.38. The van der Waals surface area contributed by atoms with Crippen LogP contribution >= 0.6 is 0 Å². The van der Waals surface area contributed by atoms with E-state index in [0.717, 1.165) is 16.8 Å². The molecule has 0 saturated carbocycles. The van der Waals surface area contributed by atoms with Gasteiger partial charge in [-0.2, -0.15) is 0 Å². The second-order valence-electron chi connectivity index (χ2n) is 9.29. The Morgan fingerprint density at radius 3 is 2.39 bits per heavy atom. The maximum absolute atomic E-state index is 12.6. The van der Waals surface area contributed by atoms with Crippen LogP contribution in [0.2, 0.25) is 0 Å². The van der Waals surface area contributed by atoms with Gasteiger partial charge in [-0.25, -0.2) is 0 Å². The summed E-state index contributed by atoms with van der Waals surface area (Å²) in [5.74, 6) is 0.226. The summed E-state index contributed by atoms with van der Waals surface area (Å²) in [5, 5.41) is 7.00. The monoisotopic (exact) mass is 564 g/mol. The summed E-state index contributed by atoms with van der Waals surface area (Å²) in [4.78, 5) is 33.4. The third kappa shape index (κ3) is 7.98. The normalized spacial score (nSPS) is 11.5. The van der Waals surface area contributed by atoms with Crippen LogP contribution in [0.3, 0.4) is 0 Å². The summed E-state index contributed by atoms with van der Waals surface area (Å²) in [6.07, 6.45) is 3.15. The van der Waals surface area contributed by atoms with Gasteiger partial charge in [0.1, 0.15) is 0 Å². The molecular formula is C29H40N8O4. The van der Waals surface area contributed by atoms with Crippen molar-refractivity contribution in [3.05, 3.63) is 53.2 Å². The van der Waals surface area contributed by atoms with Gasteiger partial charge in [0.2, 0.25) is 5.91 Å². The quantitative estimate of drug-likeness (QED) is 0.0909. The lowest BCUT2D eigenvalue weighted by molar-refractivity contribution is -0.122. The minimum absolute atomic E-state index is 0.0105. The van der Waals surface area contributed by atoms with Crippen LogP contribution in [-0.2, 0) is 17.8 Å². The number of nitrogens with zero attached hydrogens (tertiary/aromatic N) is 2. The fourth-order valence-corrected chi connectivity index (χ4v) is 4.49. The van der Waals surface area contributed by atoms with Crippen LogP contribution in [0.25, 0.3) is 10.9 Å². The van der Waals surface area contributed by atoms with E-state index in [2.05, 4.69) is 20.6 Å². The SMILES string of the molecule is CCOc1cc2ncc(C(N)=O)c(Nc3cccc(CNC(=O)[C@@H](N)CCCN=C(N)N)c3CC)c2cc1OCC. The lowest BCUT2D eigenvalue weighted by Crippen LogP contribution is -2.40. The van der Waals surface area contributed by atoms with E-state index >= 15 is 0 Å². The van der Waals surface area contributed by atoms with Gasteiger partial charge < -0.3 is 43.0 Å². The molecule has 1 atom stereocenters. The molecule has 0 aliphatic heterocycles. The molecule has 1 heterocycles.